The van der Waals surface area contributed by atoms with Crippen LogP contribution < -0.4 is 4.74 Å². The second kappa shape index (κ2) is 6.39. The average Bonchev–Trinajstić information content (AvgIpc) is 2.36. The van der Waals surface area contributed by atoms with Gasteiger partial charge in [-0.2, -0.15) is 0 Å². The fourth-order valence-electron chi connectivity index (χ4n) is 1.19. The molecule has 0 saturated carbocycles. The van der Waals surface area contributed by atoms with E-state index in [2.05, 4.69) is 4.74 Å². The molecule has 0 unspecified atom stereocenters. The molecule has 0 aliphatic heterocycles. The van der Waals surface area contributed by atoms with E-state index in [0.29, 0.717) is 11.3 Å². The molecule has 0 radical (unpaired) electrons. The number of benzene rings is 1. The van der Waals surface area contributed by atoms with Crippen LogP contribution in [0, 0.1) is 10.1 Å². The van der Waals surface area contributed by atoms with Gasteiger partial charge in [0.15, 0.2) is 6.61 Å². The van der Waals surface area contributed by atoms with Gasteiger partial charge < -0.3 is 9.47 Å². The number of rotatable bonds is 5. The summed E-state index contributed by atoms with van der Waals surface area (Å²) in [6, 6.07) is 6.65. The summed E-state index contributed by atoms with van der Waals surface area (Å²) in [5.74, 6) is -0.0392. The predicted octanol–water partition coefficient (Wildman–Crippen LogP) is 1.88. The lowest BCUT2D eigenvalue weighted by Gasteiger charge is -2.05. The maximum absolute atomic E-state index is 10.9. The van der Waals surface area contributed by atoms with E-state index >= 15 is 0 Å². The van der Waals surface area contributed by atoms with Gasteiger partial charge in [0.1, 0.15) is 5.75 Å². The van der Waals surface area contributed by atoms with Crippen LogP contribution in [0.25, 0.3) is 6.08 Å². The smallest absolute Gasteiger partial charge is 0.343 e. The van der Waals surface area contributed by atoms with Crippen molar-refractivity contribution in [3.63, 3.8) is 0 Å². The average molecular weight is 251 g/mol. The molecule has 1 aromatic rings. The number of hydrogen-bond donors (Lipinski definition) is 0. The van der Waals surface area contributed by atoms with Crippen LogP contribution >= 0.6 is 0 Å². The monoisotopic (exact) mass is 251 g/mol. The molecule has 0 aliphatic carbocycles. The SMILES string of the molecule is COC(=O)COc1cccc(C=C(C)[N+](=O)[O-])c1. The third-order valence-electron chi connectivity index (χ3n) is 2.11. The van der Waals surface area contributed by atoms with Gasteiger partial charge in [0, 0.05) is 13.0 Å². The van der Waals surface area contributed by atoms with Crippen LogP contribution in [0.5, 0.6) is 5.75 Å². The van der Waals surface area contributed by atoms with Crippen LogP contribution in [-0.2, 0) is 9.53 Å². The first-order valence-electron chi connectivity index (χ1n) is 5.15. The number of carbonyl (C=O) groups is 1. The quantitative estimate of drug-likeness (QED) is 0.453. The Kier molecular flexibility index (Phi) is 4.86. The number of ether oxygens (including phenoxy) is 2. The number of hydrogen-bond acceptors (Lipinski definition) is 5. The van der Waals surface area contributed by atoms with Gasteiger partial charge in [0.2, 0.25) is 5.70 Å². The van der Waals surface area contributed by atoms with Crippen molar-refractivity contribution in [3.8, 4) is 5.75 Å². The van der Waals surface area contributed by atoms with Crippen LogP contribution in [0.2, 0.25) is 0 Å². The number of carbonyl (C=O) groups excluding carboxylic acids is 1. The second-order valence-corrected chi connectivity index (χ2v) is 3.48. The van der Waals surface area contributed by atoms with E-state index in [1.54, 1.807) is 24.3 Å². The Morgan fingerprint density at radius 1 is 1.50 bits per heavy atom. The van der Waals surface area contributed by atoms with Crippen molar-refractivity contribution in [2.45, 2.75) is 6.92 Å². The highest BCUT2D eigenvalue weighted by Gasteiger charge is 2.04. The van der Waals surface area contributed by atoms with Crippen molar-refractivity contribution in [3.05, 3.63) is 45.6 Å². The molecule has 6 heteroatoms. The van der Waals surface area contributed by atoms with Gasteiger partial charge >= 0.3 is 5.97 Å². The zero-order valence-corrected chi connectivity index (χ0v) is 10.1. The molecule has 1 aromatic carbocycles. The first kappa shape index (κ1) is 13.7. The molecule has 0 atom stereocenters. The summed E-state index contributed by atoms with van der Waals surface area (Å²) >= 11 is 0. The van der Waals surface area contributed by atoms with E-state index in [0.717, 1.165) is 0 Å². The molecular formula is C12H13NO5. The molecule has 0 amide bonds. The van der Waals surface area contributed by atoms with Crippen LogP contribution in [0.1, 0.15) is 12.5 Å². The van der Waals surface area contributed by atoms with Crippen molar-refractivity contribution < 1.29 is 19.2 Å². The zero-order chi connectivity index (χ0) is 13.5. The van der Waals surface area contributed by atoms with Crippen molar-refractivity contribution in [2.24, 2.45) is 0 Å². The topological polar surface area (TPSA) is 78.7 Å². The minimum Gasteiger partial charge on any atom is -0.482 e. The van der Waals surface area contributed by atoms with Gasteiger partial charge in [0.25, 0.3) is 0 Å². The van der Waals surface area contributed by atoms with Crippen LogP contribution in [0.3, 0.4) is 0 Å². The number of methoxy groups -OCH3 is 1. The molecule has 1 rings (SSSR count). The summed E-state index contributed by atoms with van der Waals surface area (Å²) in [6.45, 7) is 1.21. The standard InChI is InChI=1S/C12H13NO5/c1-9(13(15)16)6-10-4-3-5-11(7-10)18-8-12(14)17-2/h3-7H,8H2,1-2H3. The van der Waals surface area contributed by atoms with E-state index in [9.17, 15) is 14.9 Å². The maximum Gasteiger partial charge on any atom is 0.343 e. The first-order valence-corrected chi connectivity index (χ1v) is 5.15. The van der Waals surface area contributed by atoms with Gasteiger partial charge in [-0.15, -0.1) is 0 Å². The van der Waals surface area contributed by atoms with E-state index in [-0.39, 0.29) is 12.3 Å². The summed E-state index contributed by atoms with van der Waals surface area (Å²) in [7, 11) is 1.27. The summed E-state index contributed by atoms with van der Waals surface area (Å²) in [6.07, 6.45) is 1.42. The van der Waals surface area contributed by atoms with Crippen LogP contribution in [-0.4, -0.2) is 24.6 Å². The maximum atomic E-state index is 10.9. The third-order valence-corrected chi connectivity index (χ3v) is 2.11. The summed E-state index contributed by atoms with van der Waals surface area (Å²) in [5.41, 5.74) is 0.659. The van der Waals surface area contributed by atoms with Crippen LogP contribution in [0.4, 0.5) is 0 Å². The Labute approximate surface area is 104 Å². The Balaban J connectivity index is 2.77. The number of allylic oxidation sites excluding steroid dienone is 1. The molecule has 0 fully saturated rings. The molecular weight excluding hydrogens is 238 g/mol. The fraction of sp³-hybridized carbons (Fsp3) is 0.250. The lowest BCUT2D eigenvalue weighted by Crippen LogP contribution is -2.12. The highest BCUT2D eigenvalue weighted by atomic mass is 16.6. The van der Waals surface area contributed by atoms with Gasteiger partial charge in [-0.25, -0.2) is 4.79 Å². The molecule has 0 saturated heterocycles. The van der Waals surface area contributed by atoms with E-state index in [1.807, 2.05) is 0 Å². The second-order valence-electron chi connectivity index (χ2n) is 3.48. The summed E-state index contributed by atoms with van der Waals surface area (Å²) in [4.78, 5) is 20.9. The molecule has 96 valence electrons. The van der Waals surface area contributed by atoms with Crippen molar-refractivity contribution in [2.75, 3.05) is 13.7 Å². The van der Waals surface area contributed by atoms with Gasteiger partial charge in [-0.3, -0.25) is 10.1 Å². The molecule has 6 nitrogen and oxygen atoms in total. The lowest BCUT2D eigenvalue weighted by molar-refractivity contribution is -0.422. The predicted molar refractivity (Wildman–Crippen MR) is 64.6 cm³/mol. The molecule has 0 aromatic heterocycles. The molecule has 0 aliphatic rings. The van der Waals surface area contributed by atoms with E-state index in [4.69, 9.17) is 4.74 Å². The molecule has 0 bridgehead atoms. The summed E-state index contributed by atoms with van der Waals surface area (Å²) in [5, 5.41) is 10.5. The number of nitro groups is 1. The Morgan fingerprint density at radius 3 is 2.83 bits per heavy atom. The van der Waals surface area contributed by atoms with E-state index in [1.165, 1.54) is 20.1 Å². The molecule has 18 heavy (non-hydrogen) atoms. The highest BCUT2D eigenvalue weighted by molar-refractivity contribution is 5.70. The Morgan fingerprint density at radius 2 is 2.22 bits per heavy atom. The van der Waals surface area contributed by atoms with E-state index < -0.39 is 10.9 Å². The number of nitrogens with zero attached hydrogens (tertiary/aromatic N) is 1. The molecule has 0 spiro atoms. The fourth-order valence-corrected chi connectivity index (χ4v) is 1.19. The van der Waals surface area contributed by atoms with Crippen LogP contribution in [0.15, 0.2) is 30.0 Å². The van der Waals surface area contributed by atoms with Crippen molar-refractivity contribution >= 4 is 12.0 Å². The first-order chi connectivity index (χ1) is 8.52. The minimum absolute atomic E-state index is 0.0279. The Bertz CT molecular complexity index is 481. The van der Waals surface area contributed by atoms with Gasteiger partial charge in [-0.1, -0.05) is 12.1 Å². The third kappa shape index (κ3) is 4.25. The lowest BCUT2D eigenvalue weighted by atomic mass is 10.2. The molecule has 0 heterocycles. The zero-order valence-electron chi connectivity index (χ0n) is 10.1. The minimum atomic E-state index is -0.489. The largest absolute Gasteiger partial charge is 0.482 e. The normalized spacial score (nSPS) is 10.9. The number of esters is 1. The van der Waals surface area contributed by atoms with Crippen molar-refractivity contribution in [1.82, 2.24) is 0 Å². The van der Waals surface area contributed by atoms with Gasteiger partial charge in [0.05, 0.1) is 12.0 Å². The highest BCUT2D eigenvalue weighted by Crippen LogP contribution is 2.16. The molecule has 0 N–H and O–H groups in total. The van der Waals surface area contributed by atoms with Crippen molar-refractivity contribution in [1.29, 1.82) is 0 Å². The summed E-state index contributed by atoms with van der Waals surface area (Å²) < 4.78 is 9.60. The Hall–Kier alpha value is -2.37. The van der Waals surface area contributed by atoms with Gasteiger partial charge in [-0.05, 0) is 17.7 Å².